The number of nitrogens with one attached hydrogen (secondary N) is 1. The lowest BCUT2D eigenvalue weighted by molar-refractivity contribution is 0.166. The molecule has 180 valence electrons. The molecule has 7 nitrogen and oxygen atoms in total. The lowest BCUT2D eigenvalue weighted by atomic mass is 10.2. The Hall–Kier alpha value is -2.49. The third-order valence-corrected chi connectivity index (χ3v) is 8.25. The second-order valence-corrected chi connectivity index (χ2v) is 11.2. The summed E-state index contributed by atoms with van der Waals surface area (Å²) < 4.78 is 1.76. The summed E-state index contributed by atoms with van der Waals surface area (Å²) in [7, 11) is 0. The second-order valence-electron chi connectivity index (χ2n) is 9.06. The molecule has 0 aliphatic carbocycles. The number of hydrogen-bond donors (Lipinski definition) is 1. The molecule has 1 aromatic carbocycles. The van der Waals surface area contributed by atoms with E-state index in [-0.39, 0.29) is 11.1 Å². The Kier molecular flexibility index (Phi) is 7.25. The van der Waals surface area contributed by atoms with E-state index in [1.807, 2.05) is 38.1 Å². The maximum Gasteiger partial charge on any atom is 0.262 e. The van der Waals surface area contributed by atoms with Crippen molar-refractivity contribution in [1.82, 2.24) is 24.4 Å². The first kappa shape index (κ1) is 24.6. The van der Waals surface area contributed by atoms with Crippen LogP contribution in [0.4, 0.5) is 0 Å². The third kappa shape index (κ3) is 4.82. The Labute approximate surface area is 207 Å². The first-order valence-electron chi connectivity index (χ1n) is 11.5. The number of hydrogen-bond acceptors (Lipinski definition) is 7. The fourth-order valence-electron chi connectivity index (χ4n) is 4.28. The van der Waals surface area contributed by atoms with Crippen molar-refractivity contribution in [3.63, 3.8) is 0 Å². The van der Waals surface area contributed by atoms with Crippen LogP contribution in [0.2, 0.25) is 0 Å². The van der Waals surface area contributed by atoms with Crippen molar-refractivity contribution < 1.29 is 0 Å². The highest BCUT2D eigenvalue weighted by molar-refractivity contribution is 7.98. The van der Waals surface area contributed by atoms with Crippen LogP contribution in [0, 0.1) is 13.8 Å². The molecule has 0 fully saturated rings. The summed E-state index contributed by atoms with van der Waals surface area (Å²) in [6, 6.07) is 8.20. The highest BCUT2D eigenvalue weighted by Gasteiger charge is 2.18. The molecule has 0 spiro atoms. The Morgan fingerprint density at radius 2 is 1.79 bits per heavy atom. The molecular formula is C25H31N5O2S2. The number of para-hydroxylation sites is 1. The third-order valence-electron chi connectivity index (χ3n) is 6.16. The predicted octanol–water partition coefficient (Wildman–Crippen LogP) is 4.72. The van der Waals surface area contributed by atoms with Crippen LogP contribution in [0.1, 0.15) is 44.0 Å². The van der Waals surface area contributed by atoms with Gasteiger partial charge in [0.05, 0.1) is 22.0 Å². The molecule has 0 saturated carbocycles. The molecule has 0 bridgehead atoms. The number of H-pyrrole nitrogens is 1. The van der Waals surface area contributed by atoms with E-state index in [1.54, 1.807) is 4.57 Å². The van der Waals surface area contributed by atoms with Gasteiger partial charge in [-0.3, -0.25) is 19.1 Å². The molecule has 0 radical (unpaired) electrons. The number of rotatable bonds is 8. The van der Waals surface area contributed by atoms with Crippen LogP contribution in [-0.2, 0) is 12.3 Å². The van der Waals surface area contributed by atoms with Gasteiger partial charge in [0, 0.05) is 30.1 Å². The molecular weight excluding hydrogens is 466 g/mol. The molecule has 0 aliphatic heterocycles. The fourth-order valence-corrected chi connectivity index (χ4v) is 6.23. The SMILES string of the molecule is Cc1sc2nc(CSc3nc4ccccc4c(=O)n3CCN(C(C)C)C(C)C)[nH]c(=O)c2c1C. The first-order chi connectivity index (χ1) is 16.2. The molecule has 4 aromatic rings. The van der Waals surface area contributed by atoms with Crippen molar-refractivity contribution in [2.24, 2.45) is 0 Å². The smallest absolute Gasteiger partial charge is 0.262 e. The highest BCUT2D eigenvalue weighted by Crippen LogP contribution is 2.27. The van der Waals surface area contributed by atoms with Gasteiger partial charge in [0.2, 0.25) is 0 Å². The van der Waals surface area contributed by atoms with Gasteiger partial charge < -0.3 is 4.98 Å². The molecule has 34 heavy (non-hydrogen) atoms. The number of thioether (sulfide) groups is 1. The fraction of sp³-hybridized carbons (Fsp3) is 0.440. The van der Waals surface area contributed by atoms with Crippen molar-refractivity contribution in [2.75, 3.05) is 6.54 Å². The van der Waals surface area contributed by atoms with E-state index in [0.717, 1.165) is 21.8 Å². The van der Waals surface area contributed by atoms with Crippen LogP contribution in [0.25, 0.3) is 21.1 Å². The Morgan fingerprint density at radius 3 is 2.50 bits per heavy atom. The maximum atomic E-state index is 13.4. The minimum atomic E-state index is -0.115. The number of fused-ring (bicyclic) bond motifs is 2. The van der Waals surface area contributed by atoms with Crippen molar-refractivity contribution in [3.05, 3.63) is 61.2 Å². The summed E-state index contributed by atoms with van der Waals surface area (Å²) in [5.74, 6) is 1.01. The second kappa shape index (κ2) is 10.0. The monoisotopic (exact) mass is 497 g/mol. The lowest BCUT2D eigenvalue weighted by Crippen LogP contribution is -2.40. The van der Waals surface area contributed by atoms with Crippen molar-refractivity contribution >= 4 is 44.2 Å². The Balaban J connectivity index is 1.68. The van der Waals surface area contributed by atoms with Gasteiger partial charge >= 0.3 is 0 Å². The molecule has 3 aromatic heterocycles. The average molecular weight is 498 g/mol. The molecule has 1 N–H and O–H groups in total. The Morgan fingerprint density at radius 1 is 1.09 bits per heavy atom. The van der Waals surface area contributed by atoms with E-state index in [9.17, 15) is 9.59 Å². The van der Waals surface area contributed by atoms with Crippen LogP contribution in [0.5, 0.6) is 0 Å². The van der Waals surface area contributed by atoms with Gasteiger partial charge in [-0.05, 0) is 59.2 Å². The summed E-state index contributed by atoms with van der Waals surface area (Å²) >= 11 is 2.97. The van der Waals surface area contributed by atoms with E-state index in [4.69, 9.17) is 4.98 Å². The van der Waals surface area contributed by atoms with Gasteiger partial charge in [-0.15, -0.1) is 11.3 Å². The van der Waals surface area contributed by atoms with Crippen LogP contribution < -0.4 is 11.1 Å². The molecule has 4 rings (SSSR count). The topological polar surface area (TPSA) is 83.9 Å². The predicted molar refractivity (Wildman–Crippen MR) is 142 cm³/mol. The number of aryl methyl sites for hydroxylation is 2. The summed E-state index contributed by atoms with van der Waals surface area (Å²) in [4.78, 5) is 42.7. The summed E-state index contributed by atoms with van der Waals surface area (Å²) in [5, 5.41) is 1.92. The van der Waals surface area contributed by atoms with Crippen LogP contribution in [0.3, 0.4) is 0 Å². The normalized spacial score (nSPS) is 12.1. The molecule has 0 saturated heterocycles. The minimum absolute atomic E-state index is 0.0398. The van der Waals surface area contributed by atoms with Gasteiger partial charge in [0.15, 0.2) is 5.16 Å². The lowest BCUT2D eigenvalue weighted by Gasteiger charge is -2.30. The molecule has 0 amide bonds. The van der Waals surface area contributed by atoms with Gasteiger partial charge in [0.1, 0.15) is 10.7 Å². The molecule has 0 unspecified atom stereocenters. The van der Waals surface area contributed by atoms with Crippen LogP contribution in [0.15, 0.2) is 39.0 Å². The number of aromatic nitrogens is 4. The quantitative estimate of drug-likeness (QED) is 0.280. The summed E-state index contributed by atoms with van der Waals surface area (Å²) in [6.45, 7) is 13.9. The number of nitrogens with zero attached hydrogens (tertiary/aromatic N) is 4. The minimum Gasteiger partial charge on any atom is -0.309 e. The van der Waals surface area contributed by atoms with E-state index < -0.39 is 0 Å². The van der Waals surface area contributed by atoms with Crippen molar-refractivity contribution in [1.29, 1.82) is 0 Å². The molecule has 0 atom stereocenters. The highest BCUT2D eigenvalue weighted by atomic mass is 32.2. The summed E-state index contributed by atoms with van der Waals surface area (Å²) in [5.41, 5.74) is 1.51. The average Bonchev–Trinajstić information content (AvgIpc) is 3.07. The van der Waals surface area contributed by atoms with Crippen molar-refractivity contribution in [3.8, 4) is 0 Å². The van der Waals surface area contributed by atoms with E-state index in [1.165, 1.54) is 23.1 Å². The summed E-state index contributed by atoms with van der Waals surface area (Å²) in [6.07, 6.45) is 0. The largest absolute Gasteiger partial charge is 0.309 e. The van der Waals surface area contributed by atoms with Gasteiger partial charge in [-0.25, -0.2) is 9.97 Å². The molecule has 9 heteroatoms. The van der Waals surface area contributed by atoms with Gasteiger partial charge in [-0.2, -0.15) is 0 Å². The number of benzene rings is 1. The van der Waals surface area contributed by atoms with E-state index in [2.05, 4.69) is 42.6 Å². The van der Waals surface area contributed by atoms with Crippen LogP contribution in [-0.4, -0.2) is 43.0 Å². The maximum absolute atomic E-state index is 13.4. The number of aromatic amines is 1. The Bertz CT molecular complexity index is 1440. The zero-order valence-electron chi connectivity index (χ0n) is 20.5. The first-order valence-corrected chi connectivity index (χ1v) is 13.3. The van der Waals surface area contributed by atoms with Crippen LogP contribution >= 0.6 is 23.1 Å². The zero-order chi connectivity index (χ0) is 24.6. The standard InChI is InChI=1S/C25H31N5O2S2/c1-14(2)29(15(3)4)11-12-30-24(32)18-9-7-8-10-19(18)26-25(30)33-13-20-27-22(31)21-16(5)17(6)34-23(21)28-20/h7-10,14-15H,11-13H2,1-6H3,(H,27,28,31). The van der Waals surface area contributed by atoms with Crippen molar-refractivity contribution in [2.45, 2.75) is 71.1 Å². The van der Waals surface area contributed by atoms with E-state index >= 15 is 0 Å². The molecule has 3 heterocycles. The number of thiophene rings is 1. The van der Waals surface area contributed by atoms with Gasteiger partial charge in [0.25, 0.3) is 11.1 Å². The van der Waals surface area contributed by atoms with Gasteiger partial charge in [-0.1, -0.05) is 23.9 Å². The van der Waals surface area contributed by atoms with E-state index in [0.29, 0.717) is 51.7 Å². The zero-order valence-corrected chi connectivity index (χ0v) is 22.1. The molecule has 0 aliphatic rings.